The summed E-state index contributed by atoms with van der Waals surface area (Å²) in [5.74, 6) is 0. The van der Waals surface area contributed by atoms with Crippen LogP contribution in [0.5, 0.6) is 0 Å². The van der Waals surface area contributed by atoms with Crippen LogP contribution in [0.4, 0.5) is 11.4 Å². The second-order valence-electron chi connectivity index (χ2n) is 7.36. The highest BCUT2D eigenvalue weighted by molar-refractivity contribution is 5.68. The van der Waals surface area contributed by atoms with Gasteiger partial charge >= 0.3 is 0 Å². The Morgan fingerprint density at radius 3 is 1.25 bits per heavy atom. The van der Waals surface area contributed by atoms with Crippen LogP contribution in [0.25, 0.3) is 0 Å². The lowest BCUT2D eigenvalue weighted by molar-refractivity contribution is 0.788. The molecule has 0 amide bonds. The molecule has 24 heavy (non-hydrogen) atoms. The molecule has 0 N–H and O–H groups in total. The number of rotatable bonds is 2. The number of hydrogen-bond acceptors (Lipinski definition) is 2. The third kappa shape index (κ3) is 2.79. The Morgan fingerprint density at radius 2 is 0.958 bits per heavy atom. The van der Waals surface area contributed by atoms with Crippen LogP contribution >= 0.6 is 0 Å². The highest BCUT2D eigenvalue weighted by Crippen LogP contribution is 2.35. The van der Waals surface area contributed by atoms with Gasteiger partial charge < -0.3 is 9.80 Å². The summed E-state index contributed by atoms with van der Waals surface area (Å²) in [6, 6.07) is 9.11. The van der Waals surface area contributed by atoms with Crippen LogP contribution in [-0.4, -0.2) is 19.3 Å². The van der Waals surface area contributed by atoms with Gasteiger partial charge in [-0.05, 0) is 70.7 Å². The molecule has 1 fully saturated rings. The zero-order valence-electron chi connectivity index (χ0n) is 15.9. The first-order valence-corrected chi connectivity index (χ1v) is 8.81. The van der Waals surface area contributed by atoms with Gasteiger partial charge in [0.1, 0.15) is 6.17 Å². The number of aryl methyl sites for hydroxylation is 6. The van der Waals surface area contributed by atoms with E-state index >= 15 is 0 Å². The molecule has 1 aliphatic heterocycles. The fourth-order valence-corrected chi connectivity index (χ4v) is 4.45. The van der Waals surface area contributed by atoms with Gasteiger partial charge in [0.25, 0.3) is 0 Å². The second-order valence-corrected chi connectivity index (χ2v) is 7.36. The van der Waals surface area contributed by atoms with Crippen molar-refractivity contribution in [2.75, 3.05) is 22.9 Å². The lowest BCUT2D eigenvalue weighted by atomic mass is 10.0. The minimum absolute atomic E-state index is 0.130. The van der Waals surface area contributed by atoms with E-state index in [2.05, 4.69) is 82.5 Å². The summed E-state index contributed by atoms with van der Waals surface area (Å²) in [6.45, 7) is 19.7. The van der Waals surface area contributed by atoms with Gasteiger partial charge in [-0.2, -0.15) is 0 Å². The zero-order chi connectivity index (χ0) is 17.6. The van der Waals surface area contributed by atoms with Crippen molar-refractivity contribution in [1.82, 2.24) is 0 Å². The van der Waals surface area contributed by atoms with Gasteiger partial charge in [0.05, 0.1) is 0 Å². The first kappa shape index (κ1) is 16.9. The summed E-state index contributed by atoms with van der Waals surface area (Å²) in [7, 11) is 0. The SMILES string of the molecule is [CH2]C1N(c2c(C)cc(C)cc2C)CCN1c1c(C)cc(C)cc1C. The van der Waals surface area contributed by atoms with Crippen molar-refractivity contribution in [2.45, 2.75) is 47.7 Å². The largest absolute Gasteiger partial charge is 0.349 e. The first-order chi connectivity index (χ1) is 11.3. The van der Waals surface area contributed by atoms with E-state index in [1.807, 2.05) is 0 Å². The number of benzene rings is 2. The molecule has 0 saturated carbocycles. The van der Waals surface area contributed by atoms with Crippen LogP contribution in [-0.2, 0) is 0 Å². The molecule has 0 atom stereocenters. The Labute approximate surface area is 147 Å². The van der Waals surface area contributed by atoms with E-state index in [1.165, 1.54) is 44.8 Å². The van der Waals surface area contributed by atoms with Gasteiger partial charge in [-0.1, -0.05) is 35.4 Å². The van der Waals surface area contributed by atoms with Gasteiger partial charge in [-0.3, -0.25) is 0 Å². The summed E-state index contributed by atoms with van der Waals surface area (Å²) in [6.07, 6.45) is 0.130. The third-order valence-electron chi connectivity index (χ3n) is 5.15. The maximum atomic E-state index is 4.51. The van der Waals surface area contributed by atoms with Crippen LogP contribution in [0, 0.1) is 48.5 Å². The van der Waals surface area contributed by atoms with Crippen LogP contribution < -0.4 is 9.80 Å². The molecule has 0 aliphatic carbocycles. The van der Waals surface area contributed by atoms with Crippen molar-refractivity contribution in [3.8, 4) is 0 Å². The van der Waals surface area contributed by atoms with Crippen molar-refractivity contribution in [3.05, 3.63) is 64.6 Å². The summed E-state index contributed by atoms with van der Waals surface area (Å²) in [5.41, 5.74) is 10.8. The van der Waals surface area contributed by atoms with E-state index in [4.69, 9.17) is 0 Å². The monoisotopic (exact) mass is 321 g/mol. The summed E-state index contributed by atoms with van der Waals surface area (Å²) in [5, 5.41) is 0. The topological polar surface area (TPSA) is 6.48 Å². The van der Waals surface area contributed by atoms with Crippen LogP contribution in [0.15, 0.2) is 24.3 Å². The summed E-state index contributed by atoms with van der Waals surface area (Å²) >= 11 is 0. The standard InChI is InChI=1S/C22H29N2/c1-14-10-16(3)21(17(4)11-14)23-8-9-24(20(23)7)22-18(5)12-15(2)13-19(22)6/h10-13,20H,7-9H2,1-6H3. The molecular formula is C22H29N2. The van der Waals surface area contributed by atoms with Crippen LogP contribution in [0.2, 0.25) is 0 Å². The average molecular weight is 321 g/mol. The van der Waals surface area contributed by atoms with Crippen molar-refractivity contribution in [2.24, 2.45) is 0 Å². The first-order valence-electron chi connectivity index (χ1n) is 8.81. The van der Waals surface area contributed by atoms with E-state index < -0.39 is 0 Å². The van der Waals surface area contributed by atoms with E-state index in [1.54, 1.807) is 0 Å². The van der Waals surface area contributed by atoms with E-state index in [0.29, 0.717) is 0 Å². The molecule has 127 valence electrons. The molecule has 0 unspecified atom stereocenters. The average Bonchev–Trinajstić information content (AvgIpc) is 2.79. The molecule has 1 heterocycles. The summed E-state index contributed by atoms with van der Waals surface area (Å²) in [4.78, 5) is 4.92. The predicted molar refractivity (Wildman–Crippen MR) is 105 cm³/mol. The molecule has 1 saturated heterocycles. The van der Waals surface area contributed by atoms with Crippen molar-refractivity contribution < 1.29 is 0 Å². The van der Waals surface area contributed by atoms with Crippen molar-refractivity contribution in [3.63, 3.8) is 0 Å². The molecule has 2 heteroatoms. The highest BCUT2D eigenvalue weighted by atomic mass is 15.4. The Balaban J connectivity index is 1.99. The molecule has 3 rings (SSSR count). The molecule has 2 aromatic carbocycles. The van der Waals surface area contributed by atoms with Crippen LogP contribution in [0.1, 0.15) is 33.4 Å². The Bertz CT molecular complexity index is 664. The van der Waals surface area contributed by atoms with E-state index in [9.17, 15) is 0 Å². The van der Waals surface area contributed by atoms with Gasteiger partial charge in [0.15, 0.2) is 0 Å². The predicted octanol–water partition coefficient (Wildman–Crippen LogP) is 5.02. The molecule has 0 aromatic heterocycles. The third-order valence-corrected chi connectivity index (χ3v) is 5.15. The normalized spacial score (nSPS) is 15.5. The van der Waals surface area contributed by atoms with Crippen molar-refractivity contribution >= 4 is 11.4 Å². The highest BCUT2D eigenvalue weighted by Gasteiger charge is 2.31. The lowest BCUT2D eigenvalue weighted by Crippen LogP contribution is -2.37. The minimum atomic E-state index is 0.130. The fourth-order valence-electron chi connectivity index (χ4n) is 4.45. The Kier molecular flexibility index (Phi) is 4.33. The van der Waals surface area contributed by atoms with Gasteiger partial charge in [0, 0.05) is 24.5 Å². The summed E-state index contributed by atoms with van der Waals surface area (Å²) < 4.78 is 0. The molecule has 0 bridgehead atoms. The molecule has 1 radical (unpaired) electrons. The molecular weight excluding hydrogens is 292 g/mol. The van der Waals surface area contributed by atoms with Crippen LogP contribution in [0.3, 0.4) is 0 Å². The van der Waals surface area contributed by atoms with E-state index in [0.717, 1.165) is 13.1 Å². The maximum Gasteiger partial charge on any atom is 0.102 e. The van der Waals surface area contributed by atoms with Gasteiger partial charge in [-0.15, -0.1) is 0 Å². The number of hydrogen-bond donors (Lipinski definition) is 0. The Hall–Kier alpha value is -1.96. The van der Waals surface area contributed by atoms with Crippen molar-refractivity contribution in [1.29, 1.82) is 0 Å². The zero-order valence-corrected chi connectivity index (χ0v) is 15.9. The number of nitrogens with zero attached hydrogens (tertiary/aromatic N) is 2. The number of anilines is 2. The quantitative estimate of drug-likeness (QED) is 0.766. The lowest BCUT2D eigenvalue weighted by Gasteiger charge is -2.33. The molecule has 1 aliphatic rings. The van der Waals surface area contributed by atoms with Gasteiger partial charge in [0.2, 0.25) is 0 Å². The fraction of sp³-hybridized carbons (Fsp3) is 0.409. The van der Waals surface area contributed by atoms with E-state index in [-0.39, 0.29) is 6.17 Å². The minimum Gasteiger partial charge on any atom is -0.349 e. The van der Waals surface area contributed by atoms with Gasteiger partial charge in [-0.25, -0.2) is 0 Å². The second kappa shape index (κ2) is 6.16. The molecule has 0 spiro atoms. The maximum absolute atomic E-state index is 4.51. The smallest absolute Gasteiger partial charge is 0.102 e. The Morgan fingerprint density at radius 1 is 0.667 bits per heavy atom. The molecule has 2 nitrogen and oxygen atoms in total. The molecule has 2 aromatic rings.